The maximum absolute atomic E-state index is 12.6. The van der Waals surface area contributed by atoms with E-state index in [-0.39, 0.29) is 11.9 Å². The zero-order valence-corrected chi connectivity index (χ0v) is 31.8. The van der Waals surface area contributed by atoms with E-state index in [1.165, 1.54) is 95.2 Å². The van der Waals surface area contributed by atoms with Gasteiger partial charge in [-0.25, -0.2) is 9.97 Å². The predicted octanol–water partition coefficient (Wildman–Crippen LogP) is 7.65. The van der Waals surface area contributed by atoms with Crippen LogP contribution in [0.3, 0.4) is 0 Å². The Balaban J connectivity index is 1.20. The molecule has 50 heavy (non-hydrogen) atoms. The lowest BCUT2D eigenvalue weighted by Gasteiger charge is -2.14. The Bertz CT molecular complexity index is 1400. The largest absolute Gasteiger partial charge is 0.465 e. The number of hydrogen-bond acceptors (Lipinski definition) is 9. The Hall–Kier alpha value is -2.89. The maximum atomic E-state index is 12.6. The van der Waals surface area contributed by atoms with Crippen molar-refractivity contribution in [3.8, 4) is 0 Å². The molecule has 280 valence electrons. The Labute approximate surface area is 305 Å². The van der Waals surface area contributed by atoms with Gasteiger partial charge in [0.25, 0.3) is 0 Å². The van der Waals surface area contributed by atoms with Crippen molar-refractivity contribution in [1.29, 1.82) is 0 Å². The number of aromatic nitrogens is 3. The second kappa shape index (κ2) is 25.1. The summed E-state index contributed by atoms with van der Waals surface area (Å²) in [5, 5.41) is 7.34. The highest BCUT2D eigenvalue weighted by atomic mass is 32.2. The number of rotatable bonds is 29. The van der Waals surface area contributed by atoms with Gasteiger partial charge in [0.15, 0.2) is 5.82 Å². The van der Waals surface area contributed by atoms with Gasteiger partial charge in [0.2, 0.25) is 5.91 Å². The van der Waals surface area contributed by atoms with Gasteiger partial charge in [-0.15, -0.1) is 0 Å². The molecule has 11 heteroatoms. The van der Waals surface area contributed by atoms with Gasteiger partial charge >= 0.3 is 5.97 Å². The molecular weight excluding hydrogens is 647 g/mol. The van der Waals surface area contributed by atoms with Crippen LogP contribution < -0.4 is 22.1 Å². The van der Waals surface area contributed by atoms with E-state index in [1.807, 2.05) is 24.3 Å². The molecule has 0 aliphatic carbocycles. The number of hydrogen-bond donors (Lipinski definition) is 4. The first-order valence-corrected chi connectivity index (χ1v) is 20.6. The quantitative estimate of drug-likeness (QED) is 0.0421. The molecule has 6 N–H and O–H groups in total. The molecule has 1 atom stereocenters. The maximum Gasteiger partial charge on any atom is 0.305 e. The molecule has 0 radical (unpaired) electrons. The normalized spacial score (nSPS) is 12.1. The Morgan fingerprint density at radius 3 is 2.18 bits per heavy atom. The molecule has 0 saturated carbocycles. The van der Waals surface area contributed by atoms with Crippen LogP contribution in [0.15, 0.2) is 24.3 Å². The number of ether oxygens (including phenoxy) is 1. The third-order valence-electron chi connectivity index (χ3n) is 9.19. The molecule has 0 aliphatic rings. The number of nitrogen functional groups attached to an aromatic ring is 1. The minimum atomic E-state index is -0.621. The highest BCUT2D eigenvalue weighted by molar-refractivity contribution is 7.99. The van der Waals surface area contributed by atoms with E-state index in [1.54, 1.807) is 0 Å². The van der Waals surface area contributed by atoms with Gasteiger partial charge in [-0.1, -0.05) is 122 Å². The van der Waals surface area contributed by atoms with Crippen LogP contribution in [0.4, 0.5) is 5.82 Å². The highest BCUT2D eigenvalue weighted by Crippen LogP contribution is 2.29. The average Bonchev–Trinajstić information content (AvgIpc) is 3.49. The number of carbonyl (C=O) groups excluding carboxylic acids is 2. The summed E-state index contributed by atoms with van der Waals surface area (Å²) in [4.78, 5) is 34.1. The van der Waals surface area contributed by atoms with E-state index in [0.29, 0.717) is 61.9 Å². The minimum Gasteiger partial charge on any atom is -0.465 e. The van der Waals surface area contributed by atoms with Gasteiger partial charge in [0.1, 0.15) is 17.9 Å². The average molecular weight is 712 g/mol. The summed E-state index contributed by atoms with van der Waals surface area (Å²) in [7, 11) is 0. The summed E-state index contributed by atoms with van der Waals surface area (Å²) < 4.78 is 7.57. The summed E-state index contributed by atoms with van der Waals surface area (Å²) in [6, 6.07) is 7.32. The Morgan fingerprint density at radius 1 is 0.880 bits per heavy atom. The molecule has 2 heterocycles. The first-order valence-electron chi connectivity index (χ1n) is 19.5. The number of nitrogens with one attached hydrogen (secondary N) is 2. The fourth-order valence-electron chi connectivity index (χ4n) is 6.31. The fraction of sp³-hybridized carbons (Fsp3) is 0.692. The van der Waals surface area contributed by atoms with Crippen molar-refractivity contribution in [2.75, 3.05) is 36.9 Å². The topological polar surface area (TPSA) is 150 Å². The summed E-state index contributed by atoms with van der Waals surface area (Å²) in [6.45, 7) is 7.28. The monoisotopic (exact) mass is 711 g/mol. The van der Waals surface area contributed by atoms with Gasteiger partial charge in [0, 0.05) is 36.4 Å². The van der Waals surface area contributed by atoms with Crippen LogP contribution in [0.1, 0.15) is 129 Å². The molecule has 0 unspecified atom stereocenters. The lowest BCUT2D eigenvalue weighted by Crippen LogP contribution is -2.42. The molecule has 1 aromatic carbocycles. The van der Waals surface area contributed by atoms with Crippen molar-refractivity contribution in [3.63, 3.8) is 0 Å². The zero-order chi connectivity index (χ0) is 35.8. The summed E-state index contributed by atoms with van der Waals surface area (Å²) >= 11 is 1.53. The Morgan fingerprint density at radius 2 is 1.52 bits per heavy atom. The smallest absolute Gasteiger partial charge is 0.305 e. The van der Waals surface area contributed by atoms with E-state index < -0.39 is 6.04 Å². The standard InChI is InChI=1S/C39H65N7O3S/c1-3-5-6-7-8-9-10-11-12-13-14-15-16-17-18-24-35(47)49-27-28-50-30-32(40)39(48)43-25-21-26-46-34(29-42-4-2)45-36-37(46)31-22-19-20-23-33(31)44-38(36)41/h19-20,22-23,32,42H,3-18,21,24-30,40H2,1-2H3,(H2,41,44)(H,43,48)/t32-/m0/s1. The molecule has 2 aromatic heterocycles. The van der Waals surface area contributed by atoms with E-state index in [2.05, 4.69) is 34.0 Å². The number of imidazole rings is 1. The first-order chi connectivity index (χ1) is 24.5. The number of para-hydroxylation sites is 1. The number of benzene rings is 1. The van der Waals surface area contributed by atoms with E-state index in [9.17, 15) is 9.59 Å². The molecule has 3 rings (SSSR count). The second-order valence-electron chi connectivity index (χ2n) is 13.4. The summed E-state index contributed by atoms with van der Waals surface area (Å²) in [6.07, 6.45) is 20.8. The number of anilines is 1. The minimum absolute atomic E-state index is 0.131. The number of amides is 1. The highest BCUT2D eigenvalue weighted by Gasteiger charge is 2.18. The van der Waals surface area contributed by atoms with Gasteiger partial charge in [-0.2, -0.15) is 11.8 Å². The number of aryl methyl sites for hydroxylation is 1. The number of nitrogens with zero attached hydrogens (tertiary/aromatic N) is 3. The summed E-state index contributed by atoms with van der Waals surface area (Å²) in [5.74, 6) is 2.10. The van der Waals surface area contributed by atoms with E-state index >= 15 is 0 Å². The van der Waals surface area contributed by atoms with Crippen LogP contribution in [0, 0.1) is 0 Å². The lowest BCUT2D eigenvalue weighted by molar-refractivity contribution is -0.143. The number of esters is 1. The molecule has 1 amide bonds. The van der Waals surface area contributed by atoms with Gasteiger partial charge in [0.05, 0.1) is 23.6 Å². The van der Waals surface area contributed by atoms with Crippen molar-refractivity contribution >= 4 is 51.4 Å². The molecule has 0 fully saturated rings. The summed E-state index contributed by atoms with van der Waals surface area (Å²) in [5.41, 5.74) is 15.0. The first kappa shape index (κ1) is 41.5. The number of carbonyl (C=O) groups is 2. The second-order valence-corrected chi connectivity index (χ2v) is 14.6. The van der Waals surface area contributed by atoms with E-state index in [0.717, 1.165) is 41.6 Å². The molecular formula is C39H65N7O3S. The van der Waals surface area contributed by atoms with Crippen LogP contribution in [0.2, 0.25) is 0 Å². The number of pyridine rings is 1. The third-order valence-corrected chi connectivity index (χ3v) is 10.2. The number of nitrogens with two attached hydrogens (primary N) is 2. The van der Waals surface area contributed by atoms with Crippen LogP contribution in [-0.2, 0) is 27.4 Å². The number of unbranched alkanes of at least 4 members (excludes halogenated alkanes) is 14. The van der Waals surface area contributed by atoms with Crippen LogP contribution in [-0.4, -0.2) is 63.7 Å². The van der Waals surface area contributed by atoms with Gasteiger partial charge in [-0.05, 0) is 25.5 Å². The van der Waals surface area contributed by atoms with Crippen molar-refractivity contribution in [3.05, 3.63) is 30.1 Å². The lowest BCUT2D eigenvalue weighted by atomic mass is 10.0. The predicted molar refractivity (Wildman–Crippen MR) is 210 cm³/mol. The van der Waals surface area contributed by atoms with E-state index in [4.69, 9.17) is 21.2 Å². The molecule has 10 nitrogen and oxygen atoms in total. The number of fused-ring (bicyclic) bond motifs is 3. The van der Waals surface area contributed by atoms with Crippen molar-refractivity contribution in [1.82, 2.24) is 25.2 Å². The van der Waals surface area contributed by atoms with Crippen molar-refractivity contribution in [2.45, 2.75) is 142 Å². The van der Waals surface area contributed by atoms with Crippen molar-refractivity contribution in [2.24, 2.45) is 5.73 Å². The SMILES string of the molecule is CCCCCCCCCCCCCCCCCC(=O)OCCSC[C@H](N)C(=O)NCCCn1c(CNCC)nc2c(N)nc3ccccc3c21. The fourth-order valence-corrected chi connectivity index (χ4v) is 7.08. The Kier molecular flexibility index (Phi) is 20.9. The number of thioether (sulfide) groups is 1. The zero-order valence-electron chi connectivity index (χ0n) is 31.0. The molecule has 0 bridgehead atoms. The van der Waals surface area contributed by atoms with Gasteiger partial charge < -0.3 is 31.4 Å². The van der Waals surface area contributed by atoms with Crippen LogP contribution in [0.5, 0.6) is 0 Å². The molecule has 0 spiro atoms. The van der Waals surface area contributed by atoms with Crippen molar-refractivity contribution < 1.29 is 14.3 Å². The third kappa shape index (κ3) is 15.2. The van der Waals surface area contributed by atoms with Gasteiger partial charge in [-0.3, -0.25) is 9.59 Å². The van der Waals surface area contributed by atoms with Crippen LogP contribution >= 0.6 is 11.8 Å². The van der Waals surface area contributed by atoms with Crippen LogP contribution in [0.25, 0.3) is 21.9 Å². The molecule has 3 aromatic rings. The molecule has 0 aliphatic heterocycles. The molecule has 0 saturated heterocycles.